The minimum atomic E-state index is -1.14. The molecule has 6 rings (SSSR count). The average Bonchev–Trinajstić information content (AvgIpc) is 3.54. The smallest absolute Gasteiger partial charge is 0.337 e. The number of benzene rings is 2. The van der Waals surface area contributed by atoms with E-state index in [1.807, 2.05) is 40.7 Å². The van der Waals surface area contributed by atoms with Gasteiger partial charge in [0.2, 0.25) is 0 Å². The Morgan fingerprint density at radius 2 is 1.67 bits per heavy atom. The number of likely N-dealkylation sites (tertiary alicyclic amines) is 1. The first-order valence-electron chi connectivity index (χ1n) is 18.2. The van der Waals surface area contributed by atoms with Crippen LogP contribution in [0.5, 0.6) is 0 Å². The summed E-state index contributed by atoms with van der Waals surface area (Å²) in [5, 5.41) is 10.7. The second-order valence-corrected chi connectivity index (χ2v) is 16.4. The number of aliphatic carboxylic acids is 1. The molecule has 0 bridgehead atoms. The summed E-state index contributed by atoms with van der Waals surface area (Å²) in [6.45, 7) is 21.4. The number of ether oxygens (including phenoxy) is 1. The molecule has 2 saturated heterocycles. The summed E-state index contributed by atoms with van der Waals surface area (Å²) in [7, 11) is 0. The van der Waals surface area contributed by atoms with Crippen LogP contribution in [-0.4, -0.2) is 64.2 Å². The number of halogens is 1. The fourth-order valence-electron chi connectivity index (χ4n) is 7.88. The Bertz CT molecular complexity index is 1680. The number of carbonyl (C=O) groups is 1. The largest absolute Gasteiger partial charge is 0.479 e. The van der Waals surface area contributed by atoms with Crippen LogP contribution in [-0.2, 0) is 35.6 Å². The molecule has 0 amide bonds. The molecule has 2 fully saturated rings. The highest BCUT2D eigenvalue weighted by molar-refractivity contribution is 5.88. The molecule has 3 aliphatic rings. The van der Waals surface area contributed by atoms with Gasteiger partial charge in [-0.3, -0.25) is 14.8 Å². The molecule has 0 aliphatic carbocycles. The summed E-state index contributed by atoms with van der Waals surface area (Å²) < 4.78 is 20.1. The third kappa shape index (κ3) is 8.19. The topological polar surface area (TPSA) is 69.1 Å². The third-order valence-corrected chi connectivity index (χ3v) is 10.7. The summed E-state index contributed by atoms with van der Waals surface area (Å²) in [6, 6.07) is 11.9. The Labute approximate surface area is 292 Å². The molecule has 2 aromatic carbocycles. The molecule has 3 aromatic rings. The predicted octanol–water partition coefficient (Wildman–Crippen LogP) is 8.23. The number of carboxylic acids is 1. The highest BCUT2D eigenvalue weighted by Crippen LogP contribution is 2.46. The van der Waals surface area contributed by atoms with Gasteiger partial charge in [0.05, 0.1) is 17.0 Å². The van der Waals surface area contributed by atoms with E-state index in [2.05, 4.69) is 46.7 Å². The molecule has 49 heavy (non-hydrogen) atoms. The molecule has 1 N–H and O–H groups in total. The summed E-state index contributed by atoms with van der Waals surface area (Å²) in [5.74, 6) is -1.18. The minimum absolute atomic E-state index is 0.192. The van der Waals surface area contributed by atoms with Crippen LogP contribution in [0.2, 0.25) is 0 Å². The normalized spacial score (nSPS) is 19.2. The molecule has 1 unspecified atom stereocenters. The standard InChI is InChI=1S/C41H55FN4O3/c1-27-22-33(42)13-12-31(27)24-45-19-14-29-23-30(10-11-32(29)25-45)36-34(26-44-17-8-9-18-44)43-28(2)35(38(39(47)48)49-40(3,4)5)37(36)46-20-15-41(6,7)16-21-46/h10-13,22-23,38H,8-9,14-21,24-26H2,1-7H3,(H,47,48). The zero-order valence-electron chi connectivity index (χ0n) is 30.7. The van der Waals surface area contributed by atoms with Crippen LogP contribution in [0.15, 0.2) is 36.4 Å². The van der Waals surface area contributed by atoms with E-state index in [-0.39, 0.29) is 11.2 Å². The highest BCUT2D eigenvalue weighted by atomic mass is 19.1. The lowest BCUT2D eigenvalue weighted by Gasteiger charge is -2.41. The van der Waals surface area contributed by atoms with Gasteiger partial charge in [-0.1, -0.05) is 38.1 Å². The number of anilines is 1. The van der Waals surface area contributed by atoms with Gasteiger partial charge >= 0.3 is 5.97 Å². The Morgan fingerprint density at radius 3 is 2.33 bits per heavy atom. The quantitative estimate of drug-likeness (QED) is 0.246. The van der Waals surface area contributed by atoms with E-state index in [1.165, 1.54) is 24.0 Å². The maximum Gasteiger partial charge on any atom is 0.337 e. The van der Waals surface area contributed by atoms with Crippen LogP contribution in [0.1, 0.15) is 106 Å². The molecular formula is C41H55FN4O3. The van der Waals surface area contributed by atoms with Gasteiger partial charge in [-0.15, -0.1) is 0 Å². The lowest BCUT2D eigenvalue weighted by Crippen LogP contribution is -2.39. The SMILES string of the molecule is Cc1cc(F)ccc1CN1CCc2cc(-c3c(CN4CCCC4)nc(C)c(C(OC(C)(C)C)C(=O)O)c3N3CCC(C)(C)CC3)ccc2C1. The van der Waals surface area contributed by atoms with Crippen LogP contribution < -0.4 is 4.90 Å². The summed E-state index contributed by atoms with van der Waals surface area (Å²) >= 11 is 0. The lowest BCUT2D eigenvalue weighted by molar-refractivity contribution is -0.160. The van der Waals surface area contributed by atoms with Gasteiger partial charge < -0.3 is 14.7 Å². The number of fused-ring (bicyclic) bond motifs is 1. The van der Waals surface area contributed by atoms with Crippen molar-refractivity contribution in [2.75, 3.05) is 37.6 Å². The Hall–Kier alpha value is -3.33. The Balaban J connectivity index is 1.46. The van der Waals surface area contributed by atoms with Crippen LogP contribution >= 0.6 is 0 Å². The number of rotatable bonds is 9. The fraction of sp³-hybridized carbons (Fsp3) is 0.561. The molecule has 264 valence electrons. The molecule has 0 spiro atoms. The van der Waals surface area contributed by atoms with Gasteiger partial charge in [-0.2, -0.15) is 0 Å². The molecule has 0 radical (unpaired) electrons. The zero-order valence-corrected chi connectivity index (χ0v) is 30.7. The molecule has 8 heteroatoms. The molecule has 1 atom stereocenters. The van der Waals surface area contributed by atoms with Gasteiger partial charge in [-0.25, -0.2) is 9.18 Å². The van der Waals surface area contributed by atoms with Crippen LogP contribution in [0.4, 0.5) is 10.1 Å². The second-order valence-electron chi connectivity index (χ2n) is 16.4. The van der Waals surface area contributed by atoms with E-state index >= 15 is 0 Å². The average molecular weight is 671 g/mol. The van der Waals surface area contributed by atoms with Gasteiger partial charge in [0.25, 0.3) is 0 Å². The third-order valence-electron chi connectivity index (χ3n) is 10.7. The van der Waals surface area contributed by atoms with Crippen molar-refractivity contribution in [1.82, 2.24) is 14.8 Å². The molecular weight excluding hydrogens is 615 g/mol. The molecule has 7 nitrogen and oxygen atoms in total. The van der Waals surface area contributed by atoms with E-state index in [1.54, 1.807) is 12.1 Å². The molecule has 3 aliphatic heterocycles. The monoisotopic (exact) mass is 670 g/mol. The lowest BCUT2D eigenvalue weighted by atomic mass is 9.81. The second kappa shape index (κ2) is 14.1. The van der Waals surface area contributed by atoms with Gasteiger partial charge in [0.1, 0.15) is 5.82 Å². The Kier molecular flexibility index (Phi) is 10.2. The van der Waals surface area contributed by atoms with Crippen molar-refractivity contribution in [2.24, 2.45) is 5.41 Å². The van der Waals surface area contributed by atoms with Crippen molar-refractivity contribution in [3.63, 3.8) is 0 Å². The number of aromatic nitrogens is 1. The molecule has 0 saturated carbocycles. The fourth-order valence-corrected chi connectivity index (χ4v) is 7.88. The van der Waals surface area contributed by atoms with E-state index in [4.69, 9.17) is 9.72 Å². The number of carboxylic acid groups (broad SMARTS) is 1. The van der Waals surface area contributed by atoms with Crippen LogP contribution in [0, 0.1) is 25.1 Å². The van der Waals surface area contributed by atoms with Gasteiger partial charge in [0, 0.05) is 56.1 Å². The first-order chi connectivity index (χ1) is 23.2. The minimum Gasteiger partial charge on any atom is -0.479 e. The number of hydrogen-bond donors (Lipinski definition) is 1. The van der Waals surface area contributed by atoms with Crippen molar-refractivity contribution in [3.05, 3.63) is 81.4 Å². The summed E-state index contributed by atoms with van der Waals surface area (Å²) in [6.07, 6.45) is 4.20. The van der Waals surface area contributed by atoms with Crippen molar-refractivity contribution in [3.8, 4) is 11.1 Å². The Morgan fingerprint density at radius 1 is 0.959 bits per heavy atom. The summed E-state index contributed by atoms with van der Waals surface area (Å²) in [5.41, 5.74) is 9.92. The first kappa shape index (κ1) is 35.5. The number of pyridine rings is 1. The van der Waals surface area contributed by atoms with Crippen molar-refractivity contribution in [1.29, 1.82) is 0 Å². The van der Waals surface area contributed by atoms with Crippen molar-refractivity contribution >= 4 is 11.7 Å². The number of piperidine rings is 1. The van der Waals surface area contributed by atoms with Gasteiger partial charge in [-0.05, 0) is 125 Å². The number of nitrogens with zero attached hydrogens (tertiary/aromatic N) is 4. The predicted molar refractivity (Wildman–Crippen MR) is 194 cm³/mol. The highest BCUT2D eigenvalue weighted by Gasteiger charge is 2.37. The van der Waals surface area contributed by atoms with E-state index < -0.39 is 17.7 Å². The number of aryl methyl sites for hydroxylation is 2. The van der Waals surface area contributed by atoms with Crippen LogP contribution in [0.3, 0.4) is 0 Å². The molecule has 1 aromatic heterocycles. The van der Waals surface area contributed by atoms with E-state index in [9.17, 15) is 14.3 Å². The number of hydrogen-bond acceptors (Lipinski definition) is 6. The molecule has 4 heterocycles. The maximum atomic E-state index is 13.8. The van der Waals surface area contributed by atoms with Crippen molar-refractivity contribution in [2.45, 2.75) is 112 Å². The zero-order chi connectivity index (χ0) is 35.1. The summed E-state index contributed by atoms with van der Waals surface area (Å²) in [4.78, 5) is 25.7. The van der Waals surface area contributed by atoms with Crippen molar-refractivity contribution < 1.29 is 19.0 Å². The first-order valence-corrected chi connectivity index (χ1v) is 18.2. The van der Waals surface area contributed by atoms with E-state index in [0.29, 0.717) is 5.56 Å². The van der Waals surface area contributed by atoms with Crippen LogP contribution in [0.25, 0.3) is 11.1 Å². The van der Waals surface area contributed by atoms with E-state index in [0.717, 1.165) is 111 Å². The maximum absolute atomic E-state index is 13.8. The van der Waals surface area contributed by atoms with Gasteiger partial charge in [0.15, 0.2) is 6.10 Å².